The fraction of sp³-hybridized carbons (Fsp3) is 0.976. The van der Waals surface area contributed by atoms with Gasteiger partial charge in [-0.05, 0) is 139 Å². The lowest BCUT2D eigenvalue weighted by atomic mass is 9.41. The molecular weight excluding hydrogens is 632 g/mol. The van der Waals surface area contributed by atoms with Crippen LogP contribution in [0, 0.1) is 50.7 Å². The van der Waals surface area contributed by atoms with Gasteiger partial charge in [0.05, 0.1) is 36.6 Å². The third-order valence-electron chi connectivity index (χ3n) is 15.8. The van der Waals surface area contributed by atoms with Gasteiger partial charge in [0.2, 0.25) is 0 Å². The van der Waals surface area contributed by atoms with E-state index in [9.17, 15) is 15.0 Å². The van der Waals surface area contributed by atoms with Crippen LogP contribution in [0.15, 0.2) is 0 Å². The smallest absolute Gasteiger partial charge is 0.303 e. The molecule has 0 unspecified atom stereocenters. The zero-order valence-electron chi connectivity index (χ0n) is 32.9. The van der Waals surface area contributed by atoms with Crippen LogP contribution in [0.4, 0.5) is 0 Å². The van der Waals surface area contributed by atoms with Crippen molar-refractivity contribution in [2.75, 3.05) is 47.9 Å². The normalized spacial score (nSPS) is 45.7. The zero-order valence-corrected chi connectivity index (χ0v) is 32.9. The van der Waals surface area contributed by atoms with E-state index in [2.05, 4.69) is 72.6 Å². The number of ether oxygens (including phenoxy) is 4. The molecule has 1 saturated heterocycles. The number of hydrogen-bond donors (Lipinski definition) is 2. The first-order chi connectivity index (χ1) is 22.7. The molecular formula is C41H74N2O7. The number of esters is 1. The van der Waals surface area contributed by atoms with Crippen molar-refractivity contribution in [1.82, 2.24) is 9.80 Å². The van der Waals surface area contributed by atoms with E-state index in [1.165, 1.54) is 32.6 Å². The first-order valence-electron chi connectivity index (χ1n) is 19.5. The second-order valence-corrected chi connectivity index (χ2v) is 19.7. The lowest BCUT2D eigenvalue weighted by Crippen LogP contribution is -2.60. The van der Waals surface area contributed by atoms with Crippen molar-refractivity contribution >= 4 is 5.97 Å². The van der Waals surface area contributed by atoms with E-state index in [1.807, 2.05) is 0 Å². The molecule has 0 radical (unpaired) electrons. The van der Waals surface area contributed by atoms with Gasteiger partial charge in [-0.3, -0.25) is 4.79 Å². The van der Waals surface area contributed by atoms with E-state index >= 15 is 0 Å². The number of aliphatic hydroxyl groups is 2. The molecule has 6 fully saturated rings. The Morgan fingerprint density at radius 3 is 2.22 bits per heavy atom. The highest BCUT2D eigenvalue weighted by molar-refractivity contribution is 5.66. The number of carbonyl (C=O) groups is 1. The quantitative estimate of drug-likeness (QED) is 0.198. The predicted molar refractivity (Wildman–Crippen MR) is 196 cm³/mol. The van der Waals surface area contributed by atoms with Crippen LogP contribution < -0.4 is 0 Å². The maximum Gasteiger partial charge on any atom is 0.303 e. The van der Waals surface area contributed by atoms with Gasteiger partial charge in [0.25, 0.3) is 0 Å². The molecule has 9 nitrogen and oxygen atoms in total. The number of hydrogen-bond acceptors (Lipinski definition) is 9. The summed E-state index contributed by atoms with van der Waals surface area (Å²) in [7, 11) is 8.33. The Bertz CT molecular complexity index is 1240. The Hall–Kier alpha value is -0.810. The summed E-state index contributed by atoms with van der Waals surface area (Å²) in [6, 6.07) is 0. The molecule has 1 heterocycles. The van der Waals surface area contributed by atoms with Gasteiger partial charge in [-0.2, -0.15) is 0 Å². The molecule has 6 aliphatic rings. The number of carbonyl (C=O) groups excluding carboxylic acids is 1. The SMILES string of the molecule is C.CC(=O)O[C@@H]([C@H]1C[C@@H](C)[C@H]2[C@H](O1)[C@H](O)[C@@]1(C)[C@@H]3CC[C@H]4C(C)(C)[C@@H](O[C@@H](CN(C)C)OCCN(C)C)CC[C@@]45C[C@@]35CC[C@]21C)C(C)(C)O. The maximum absolute atomic E-state index is 12.6. The van der Waals surface area contributed by atoms with Crippen molar-refractivity contribution < 1.29 is 34.0 Å². The lowest BCUT2D eigenvalue weighted by Gasteiger charge is -2.63. The molecule has 1 aliphatic heterocycles. The van der Waals surface area contributed by atoms with Crippen LogP contribution in [0.2, 0.25) is 0 Å². The van der Waals surface area contributed by atoms with Crippen molar-refractivity contribution in [2.24, 2.45) is 50.7 Å². The predicted octanol–water partition coefficient (Wildman–Crippen LogP) is 5.99. The Morgan fingerprint density at radius 1 is 0.980 bits per heavy atom. The van der Waals surface area contributed by atoms with Crippen molar-refractivity contribution in [3.8, 4) is 0 Å². The van der Waals surface area contributed by atoms with Gasteiger partial charge in [0.15, 0.2) is 12.4 Å². The second-order valence-electron chi connectivity index (χ2n) is 19.7. The van der Waals surface area contributed by atoms with E-state index < -0.39 is 29.9 Å². The Labute approximate surface area is 304 Å². The highest BCUT2D eigenvalue weighted by atomic mass is 16.7. The van der Waals surface area contributed by atoms with Crippen molar-refractivity contribution in [3.63, 3.8) is 0 Å². The van der Waals surface area contributed by atoms with Crippen molar-refractivity contribution in [3.05, 3.63) is 0 Å². The van der Waals surface area contributed by atoms with Crippen LogP contribution in [0.5, 0.6) is 0 Å². The maximum atomic E-state index is 12.6. The molecule has 0 aromatic carbocycles. The number of nitrogens with zero attached hydrogens (tertiary/aromatic N) is 2. The summed E-state index contributed by atoms with van der Waals surface area (Å²) in [5.41, 5.74) is -1.01. The number of rotatable bonds is 11. The van der Waals surface area contributed by atoms with Crippen LogP contribution >= 0.6 is 0 Å². The highest BCUT2D eigenvalue weighted by Crippen LogP contribution is 2.89. The summed E-state index contributed by atoms with van der Waals surface area (Å²) < 4.78 is 25.8. The first kappa shape index (κ1) is 40.4. The fourth-order valence-corrected chi connectivity index (χ4v) is 13.6. The second kappa shape index (κ2) is 13.5. The zero-order chi connectivity index (χ0) is 36.1. The third kappa shape index (κ3) is 6.03. The molecule has 5 saturated carbocycles. The van der Waals surface area contributed by atoms with Crippen LogP contribution in [0.25, 0.3) is 0 Å². The minimum Gasteiger partial charge on any atom is -0.457 e. The minimum absolute atomic E-state index is 0. The summed E-state index contributed by atoms with van der Waals surface area (Å²) in [5.74, 6) is 1.09. The lowest BCUT2D eigenvalue weighted by molar-refractivity contribution is -0.236. The summed E-state index contributed by atoms with van der Waals surface area (Å²) in [6.45, 7) is 19.1. The number of aliphatic hydroxyl groups excluding tert-OH is 1. The summed E-state index contributed by atoms with van der Waals surface area (Å²) >= 11 is 0. The molecule has 14 atom stereocenters. The van der Waals surface area contributed by atoms with Crippen molar-refractivity contribution in [1.29, 1.82) is 0 Å². The summed E-state index contributed by atoms with van der Waals surface area (Å²) in [5, 5.41) is 23.6. The van der Waals surface area contributed by atoms with Gasteiger partial charge in [-0.15, -0.1) is 0 Å². The van der Waals surface area contributed by atoms with Gasteiger partial charge in [0.1, 0.15) is 0 Å². The van der Waals surface area contributed by atoms with E-state index in [0.29, 0.717) is 30.3 Å². The molecule has 290 valence electrons. The monoisotopic (exact) mass is 707 g/mol. The minimum atomic E-state index is -1.25. The highest BCUT2D eigenvalue weighted by Gasteiger charge is 2.84. The van der Waals surface area contributed by atoms with E-state index in [1.54, 1.807) is 13.8 Å². The summed E-state index contributed by atoms with van der Waals surface area (Å²) in [4.78, 5) is 16.4. The van der Waals surface area contributed by atoms with Crippen LogP contribution in [-0.4, -0.2) is 116 Å². The number of likely N-dealkylation sites (N-methyl/N-ethyl adjacent to an activating group) is 2. The Balaban J connectivity index is 0.00000486. The van der Waals surface area contributed by atoms with Gasteiger partial charge in [0, 0.05) is 25.4 Å². The van der Waals surface area contributed by atoms with E-state index in [0.717, 1.165) is 32.4 Å². The van der Waals surface area contributed by atoms with Gasteiger partial charge in [-0.1, -0.05) is 42.0 Å². The van der Waals surface area contributed by atoms with Crippen LogP contribution in [-0.2, 0) is 23.7 Å². The molecule has 9 heteroatoms. The van der Waals surface area contributed by atoms with Gasteiger partial charge in [-0.25, -0.2) is 0 Å². The number of fused-ring (bicyclic) bond motifs is 4. The molecule has 0 amide bonds. The van der Waals surface area contributed by atoms with E-state index in [4.69, 9.17) is 18.9 Å². The topological polar surface area (TPSA) is 101 Å². The molecule has 2 N–H and O–H groups in total. The van der Waals surface area contributed by atoms with Crippen LogP contribution in [0.3, 0.4) is 0 Å². The standard InChI is InChI=1S/C40H70N2O7.CH4/c1-24-21-26(34(36(5,6)45)47-25(2)43)48-32-31(24)37(7)17-18-40-23-39(40)16-15-29(49-30(22-42(11)12)46-20-19-41(9)10)35(3,4)27(39)13-14-28(40)38(37,8)33(32)44;/h24,26-34,44-45H,13-23H2,1-12H3;1H4/t24-,26-,27+,28+,29+,30+,31+,32+,33+,34+,37-,38-,39-,40+;/m1./s1. The molecule has 50 heavy (non-hydrogen) atoms. The van der Waals surface area contributed by atoms with Gasteiger partial charge < -0.3 is 39.0 Å². The molecule has 0 aromatic rings. The largest absolute Gasteiger partial charge is 0.457 e. The first-order valence-corrected chi connectivity index (χ1v) is 19.5. The Kier molecular flexibility index (Phi) is 10.9. The average molecular weight is 707 g/mol. The van der Waals surface area contributed by atoms with Crippen molar-refractivity contribution in [2.45, 2.75) is 157 Å². The molecule has 5 aliphatic carbocycles. The molecule has 6 rings (SSSR count). The fourth-order valence-electron chi connectivity index (χ4n) is 13.6. The molecule has 0 aromatic heterocycles. The van der Waals surface area contributed by atoms with Gasteiger partial charge >= 0.3 is 5.97 Å². The third-order valence-corrected chi connectivity index (χ3v) is 15.8. The molecule has 0 bridgehead atoms. The Morgan fingerprint density at radius 2 is 1.62 bits per heavy atom. The molecule has 2 spiro atoms. The summed E-state index contributed by atoms with van der Waals surface area (Å²) in [6.07, 6.45) is 6.55. The van der Waals surface area contributed by atoms with E-state index in [-0.39, 0.29) is 59.4 Å². The average Bonchev–Trinajstić information content (AvgIpc) is 3.61. The van der Waals surface area contributed by atoms with Crippen LogP contribution in [0.1, 0.15) is 114 Å².